The molecule has 6 heteroatoms. The number of nitrogens with one attached hydrogen (secondary N) is 1. The molecular weight excluding hydrogens is 428 g/mol. The first-order valence-electron chi connectivity index (χ1n) is 9.36. The summed E-state index contributed by atoms with van der Waals surface area (Å²) in [4.78, 5) is 21.3. The molecular formula is C23H17BrN4O. The number of carbonyl (C=O) groups excluding carboxylic acids is 1. The van der Waals surface area contributed by atoms with Crippen LogP contribution in [0.25, 0.3) is 11.0 Å². The molecule has 1 amide bonds. The van der Waals surface area contributed by atoms with Crippen LogP contribution in [-0.4, -0.2) is 26.6 Å². The van der Waals surface area contributed by atoms with E-state index in [1.165, 1.54) is 0 Å². The summed E-state index contributed by atoms with van der Waals surface area (Å²) < 4.78 is 1.01. The number of para-hydroxylation sites is 2. The number of amides is 1. The number of aromatic amines is 1. The van der Waals surface area contributed by atoms with Crippen LogP contribution in [0, 0.1) is 0 Å². The summed E-state index contributed by atoms with van der Waals surface area (Å²) in [5.74, 6) is 0.606. The number of carbonyl (C=O) groups is 1. The summed E-state index contributed by atoms with van der Waals surface area (Å²) in [5.41, 5.74) is 4.30. The second-order valence-electron chi connectivity index (χ2n) is 6.93. The maximum absolute atomic E-state index is 13.2. The van der Waals surface area contributed by atoms with Gasteiger partial charge in [-0.1, -0.05) is 58.4 Å². The Kier molecular flexibility index (Phi) is 4.48. The molecule has 0 saturated heterocycles. The fourth-order valence-electron chi connectivity index (χ4n) is 3.57. The Morgan fingerprint density at radius 2 is 1.69 bits per heavy atom. The minimum atomic E-state index is -0.284. The summed E-state index contributed by atoms with van der Waals surface area (Å²) in [5, 5.41) is 6.28. The molecule has 5 nitrogen and oxygen atoms in total. The van der Waals surface area contributed by atoms with Crippen LogP contribution < -0.4 is 0 Å². The summed E-state index contributed by atoms with van der Waals surface area (Å²) in [6.45, 7) is 0. The highest BCUT2D eigenvalue weighted by Crippen LogP contribution is 2.33. The number of imidazole rings is 1. The molecule has 1 atom stereocenters. The van der Waals surface area contributed by atoms with E-state index in [2.05, 4.69) is 20.9 Å². The summed E-state index contributed by atoms with van der Waals surface area (Å²) in [6, 6.07) is 24.8. The van der Waals surface area contributed by atoms with E-state index in [0.717, 1.165) is 32.6 Å². The smallest absolute Gasteiger partial charge is 0.274 e. The Balaban J connectivity index is 1.56. The predicted molar refractivity (Wildman–Crippen MR) is 117 cm³/mol. The van der Waals surface area contributed by atoms with Crippen molar-refractivity contribution in [3.8, 4) is 0 Å². The van der Waals surface area contributed by atoms with Crippen LogP contribution in [0.15, 0.2) is 88.4 Å². The molecule has 29 heavy (non-hydrogen) atoms. The zero-order valence-corrected chi connectivity index (χ0v) is 17.0. The zero-order valence-electron chi connectivity index (χ0n) is 15.4. The Labute approximate surface area is 176 Å². The molecule has 0 spiro atoms. The van der Waals surface area contributed by atoms with Crippen LogP contribution in [0.3, 0.4) is 0 Å². The summed E-state index contributed by atoms with van der Waals surface area (Å²) in [7, 11) is 0. The molecule has 142 valence electrons. The van der Waals surface area contributed by atoms with Gasteiger partial charge in [0.05, 0.1) is 16.7 Å². The zero-order chi connectivity index (χ0) is 19.8. The minimum absolute atomic E-state index is 0.136. The van der Waals surface area contributed by atoms with E-state index < -0.39 is 0 Å². The van der Waals surface area contributed by atoms with Gasteiger partial charge in [0.25, 0.3) is 5.91 Å². The lowest BCUT2D eigenvalue weighted by molar-refractivity contribution is 0.0705. The highest BCUT2D eigenvalue weighted by molar-refractivity contribution is 9.10. The maximum Gasteiger partial charge on any atom is 0.274 e. The number of nitrogens with zero attached hydrogens (tertiary/aromatic N) is 3. The lowest BCUT2D eigenvalue weighted by atomic mass is 10.0. The highest BCUT2D eigenvalue weighted by atomic mass is 79.9. The Hall–Kier alpha value is -3.25. The number of fused-ring (bicyclic) bond motifs is 1. The normalized spacial score (nSPS) is 16.2. The van der Waals surface area contributed by atoms with Crippen molar-refractivity contribution in [1.29, 1.82) is 0 Å². The van der Waals surface area contributed by atoms with Gasteiger partial charge >= 0.3 is 0 Å². The standard InChI is InChI=1S/C23H17BrN4O/c24-17-12-10-15(11-13-17)20-14-21(22-25-18-8-4-5-9-19(18)26-22)28(27-20)23(29)16-6-2-1-3-7-16/h1-13,21H,14H2,(H,25,26). The fraction of sp³-hybridized carbons (Fsp3) is 0.0870. The molecule has 1 aliphatic rings. The molecule has 4 aromatic rings. The van der Waals surface area contributed by atoms with Crippen molar-refractivity contribution < 1.29 is 4.79 Å². The molecule has 0 bridgehead atoms. The third kappa shape index (κ3) is 3.36. The molecule has 1 unspecified atom stereocenters. The van der Waals surface area contributed by atoms with E-state index in [1.807, 2.05) is 78.9 Å². The van der Waals surface area contributed by atoms with E-state index in [0.29, 0.717) is 12.0 Å². The van der Waals surface area contributed by atoms with E-state index in [-0.39, 0.29) is 11.9 Å². The topological polar surface area (TPSA) is 61.4 Å². The number of H-pyrrole nitrogens is 1. The van der Waals surface area contributed by atoms with Crippen LogP contribution in [0.2, 0.25) is 0 Å². The van der Waals surface area contributed by atoms with Gasteiger partial charge < -0.3 is 4.98 Å². The van der Waals surface area contributed by atoms with Gasteiger partial charge in [0.1, 0.15) is 11.9 Å². The molecule has 1 N–H and O–H groups in total. The Morgan fingerprint density at radius 3 is 2.45 bits per heavy atom. The predicted octanol–water partition coefficient (Wildman–Crippen LogP) is 5.32. The first kappa shape index (κ1) is 17.8. The molecule has 3 aromatic carbocycles. The second kappa shape index (κ2) is 7.29. The molecule has 0 saturated carbocycles. The molecule has 1 aromatic heterocycles. The Bertz CT molecular complexity index is 1180. The maximum atomic E-state index is 13.2. The van der Waals surface area contributed by atoms with Crippen molar-refractivity contribution in [3.05, 3.63) is 100 Å². The van der Waals surface area contributed by atoms with Gasteiger partial charge in [0, 0.05) is 16.5 Å². The number of benzene rings is 3. The summed E-state index contributed by atoms with van der Waals surface area (Å²) in [6.07, 6.45) is 0.597. The van der Waals surface area contributed by atoms with Crippen LogP contribution in [0.1, 0.15) is 34.2 Å². The lowest BCUT2D eigenvalue weighted by Gasteiger charge is -2.19. The first-order chi connectivity index (χ1) is 14.2. The van der Waals surface area contributed by atoms with Crippen molar-refractivity contribution in [3.63, 3.8) is 0 Å². The number of aromatic nitrogens is 2. The van der Waals surface area contributed by atoms with Crippen molar-refractivity contribution in [2.24, 2.45) is 5.10 Å². The molecule has 5 rings (SSSR count). The molecule has 0 fully saturated rings. The van der Waals surface area contributed by atoms with Crippen molar-refractivity contribution in [1.82, 2.24) is 15.0 Å². The first-order valence-corrected chi connectivity index (χ1v) is 10.1. The van der Waals surface area contributed by atoms with Gasteiger partial charge in [0.2, 0.25) is 0 Å². The molecule has 0 radical (unpaired) electrons. The van der Waals surface area contributed by atoms with Gasteiger partial charge in [0.15, 0.2) is 0 Å². The number of halogens is 1. The van der Waals surface area contributed by atoms with Gasteiger partial charge in [-0.15, -0.1) is 0 Å². The Morgan fingerprint density at radius 1 is 0.966 bits per heavy atom. The van der Waals surface area contributed by atoms with Crippen LogP contribution in [-0.2, 0) is 0 Å². The van der Waals surface area contributed by atoms with Crippen molar-refractivity contribution in [2.75, 3.05) is 0 Å². The third-order valence-electron chi connectivity index (χ3n) is 5.04. The average molecular weight is 445 g/mol. The third-order valence-corrected chi connectivity index (χ3v) is 5.57. The SMILES string of the molecule is O=C(c1ccccc1)N1N=C(c2ccc(Br)cc2)CC1c1nc2ccccc2[nH]1. The molecule has 2 heterocycles. The quantitative estimate of drug-likeness (QED) is 0.464. The monoisotopic (exact) mass is 444 g/mol. The van der Waals surface area contributed by atoms with Gasteiger partial charge in [-0.05, 0) is 42.0 Å². The largest absolute Gasteiger partial charge is 0.340 e. The van der Waals surface area contributed by atoms with Crippen LogP contribution >= 0.6 is 15.9 Å². The summed E-state index contributed by atoms with van der Waals surface area (Å²) >= 11 is 3.47. The minimum Gasteiger partial charge on any atom is -0.340 e. The highest BCUT2D eigenvalue weighted by Gasteiger charge is 2.35. The van der Waals surface area contributed by atoms with E-state index >= 15 is 0 Å². The fourth-order valence-corrected chi connectivity index (χ4v) is 3.84. The van der Waals surface area contributed by atoms with E-state index in [4.69, 9.17) is 10.1 Å². The second-order valence-corrected chi connectivity index (χ2v) is 7.84. The van der Waals surface area contributed by atoms with Crippen LogP contribution in [0.4, 0.5) is 0 Å². The van der Waals surface area contributed by atoms with Gasteiger partial charge in [-0.25, -0.2) is 9.99 Å². The van der Waals surface area contributed by atoms with Gasteiger partial charge in [-0.3, -0.25) is 4.79 Å². The van der Waals surface area contributed by atoms with Crippen molar-refractivity contribution >= 4 is 38.6 Å². The molecule has 1 aliphatic heterocycles. The average Bonchev–Trinajstić information content (AvgIpc) is 3.39. The van der Waals surface area contributed by atoms with Crippen LogP contribution in [0.5, 0.6) is 0 Å². The number of hydrogen-bond acceptors (Lipinski definition) is 3. The molecule has 0 aliphatic carbocycles. The number of rotatable bonds is 3. The lowest BCUT2D eigenvalue weighted by Crippen LogP contribution is -2.27. The van der Waals surface area contributed by atoms with Crippen molar-refractivity contribution in [2.45, 2.75) is 12.5 Å². The van der Waals surface area contributed by atoms with E-state index in [1.54, 1.807) is 5.01 Å². The number of hydrazone groups is 1. The van der Waals surface area contributed by atoms with E-state index in [9.17, 15) is 4.79 Å². The van der Waals surface area contributed by atoms with Gasteiger partial charge in [-0.2, -0.15) is 5.10 Å². The number of hydrogen-bond donors (Lipinski definition) is 1.